The fraction of sp³-hybridized carbons (Fsp3) is 0.257. The zero-order chi connectivity index (χ0) is 31.9. The maximum absolute atomic E-state index is 11.7. The van der Waals surface area contributed by atoms with Crippen molar-refractivity contribution in [1.82, 2.24) is 4.98 Å². The molecule has 0 aliphatic rings. The summed E-state index contributed by atoms with van der Waals surface area (Å²) in [6.45, 7) is 11.8. The smallest absolute Gasteiger partial charge is 0.192 e. The van der Waals surface area contributed by atoms with Gasteiger partial charge in [-0.25, -0.2) is 0 Å². The van der Waals surface area contributed by atoms with Crippen LogP contribution in [-0.2, 0) is 24.2 Å². The van der Waals surface area contributed by atoms with Crippen LogP contribution in [0.15, 0.2) is 73.1 Å². The van der Waals surface area contributed by atoms with Crippen LogP contribution in [0, 0.1) is 22.7 Å². The van der Waals surface area contributed by atoms with E-state index in [0.717, 1.165) is 16.7 Å². The Labute approximate surface area is 264 Å². The fourth-order valence-electron chi connectivity index (χ4n) is 4.22. The molecule has 0 saturated carbocycles. The molecule has 7 nitrogen and oxygen atoms in total. The topological polar surface area (TPSA) is 105 Å². The number of benzene rings is 3. The van der Waals surface area contributed by atoms with E-state index in [2.05, 4.69) is 51.0 Å². The highest BCUT2D eigenvalue weighted by atomic mass is 35.5. The van der Waals surface area contributed by atoms with Crippen molar-refractivity contribution < 1.29 is 18.7 Å². The molecule has 0 bridgehead atoms. The number of carbonyl (C=O) groups is 1. The van der Waals surface area contributed by atoms with Crippen LogP contribution in [0.5, 0.6) is 11.5 Å². The molecule has 224 valence electrons. The van der Waals surface area contributed by atoms with E-state index in [0.29, 0.717) is 40.9 Å². The van der Waals surface area contributed by atoms with Crippen molar-refractivity contribution in [2.24, 2.45) is 0 Å². The van der Waals surface area contributed by atoms with Crippen molar-refractivity contribution in [2.75, 3.05) is 0 Å². The third kappa shape index (κ3) is 7.72. The monoisotopic (exact) mass is 623 g/mol. The molecular weight excluding hydrogens is 590 g/mol. The Morgan fingerprint density at radius 1 is 0.886 bits per heavy atom. The highest BCUT2D eigenvalue weighted by molar-refractivity contribution is 6.74. The lowest BCUT2D eigenvalue weighted by atomic mass is 9.95. The van der Waals surface area contributed by atoms with Gasteiger partial charge in [0.05, 0.1) is 28.3 Å². The largest absolute Gasteiger partial charge is 0.488 e. The quantitative estimate of drug-likeness (QED) is 0.122. The van der Waals surface area contributed by atoms with E-state index < -0.39 is 8.32 Å². The van der Waals surface area contributed by atoms with E-state index in [1.54, 1.807) is 18.3 Å². The fourth-order valence-corrected chi connectivity index (χ4v) is 5.41. The van der Waals surface area contributed by atoms with Crippen molar-refractivity contribution in [2.45, 2.75) is 58.7 Å². The summed E-state index contributed by atoms with van der Waals surface area (Å²) in [5, 5.41) is 19.6. The van der Waals surface area contributed by atoms with Gasteiger partial charge >= 0.3 is 0 Å². The lowest BCUT2D eigenvalue weighted by Crippen LogP contribution is -2.40. The van der Waals surface area contributed by atoms with Crippen molar-refractivity contribution in [3.8, 4) is 34.8 Å². The highest BCUT2D eigenvalue weighted by Gasteiger charge is 2.37. The molecule has 3 aromatic carbocycles. The number of hydrogen-bond donors (Lipinski definition) is 0. The number of halogens is 1. The van der Waals surface area contributed by atoms with Crippen LogP contribution in [0.25, 0.3) is 11.1 Å². The zero-order valence-corrected chi connectivity index (χ0v) is 27.2. The predicted octanol–water partition coefficient (Wildman–Crippen LogP) is 8.64. The molecular formula is C35H34ClN3O4Si. The number of aldehydes is 1. The first-order valence-electron chi connectivity index (χ1n) is 14.1. The summed E-state index contributed by atoms with van der Waals surface area (Å²) in [5.41, 5.74) is 5.27. The molecule has 0 atom stereocenters. The lowest BCUT2D eigenvalue weighted by Gasteiger charge is -2.36. The van der Waals surface area contributed by atoms with Crippen molar-refractivity contribution in [3.63, 3.8) is 0 Å². The van der Waals surface area contributed by atoms with E-state index in [9.17, 15) is 10.1 Å². The Kier molecular flexibility index (Phi) is 10.2. The van der Waals surface area contributed by atoms with Gasteiger partial charge in [0.15, 0.2) is 14.6 Å². The molecule has 0 unspecified atom stereocenters. The molecule has 0 fully saturated rings. The molecule has 4 aromatic rings. The average molecular weight is 624 g/mol. The van der Waals surface area contributed by atoms with Crippen LogP contribution < -0.4 is 9.47 Å². The van der Waals surface area contributed by atoms with Crippen LogP contribution in [-0.4, -0.2) is 19.6 Å². The minimum atomic E-state index is -1.92. The van der Waals surface area contributed by atoms with Crippen LogP contribution in [0.2, 0.25) is 23.2 Å². The molecule has 0 N–H and O–H groups in total. The SMILES string of the molecule is CC(C)(C)[Si](C)(C)OCc1cccc(-c2cccc(COc3cc(OCc4cncc(C#N)c4)c(C=O)cc3Cl)c2C#N)c1. The standard InChI is InChI=1S/C35H34ClN3O4Si/c1-35(2,3)44(4,5)43-22-24-8-6-9-27(13-24)30-11-7-10-28(31(30)17-38)23-42-34-15-33(29(20-40)14-32(34)36)41-21-26-12-25(16-37)18-39-19-26/h6-15,18-20H,21-23H2,1-5H3. The van der Waals surface area contributed by atoms with Crippen LogP contribution in [0.1, 0.15) is 58.9 Å². The van der Waals surface area contributed by atoms with E-state index >= 15 is 0 Å². The third-order valence-electron chi connectivity index (χ3n) is 7.80. The van der Waals surface area contributed by atoms with Gasteiger partial charge in [0.25, 0.3) is 0 Å². The minimum Gasteiger partial charge on any atom is -0.488 e. The van der Waals surface area contributed by atoms with Gasteiger partial charge in [0, 0.05) is 29.6 Å². The molecule has 1 heterocycles. The second-order valence-electron chi connectivity index (χ2n) is 11.9. The van der Waals surface area contributed by atoms with Gasteiger partial charge in [-0.15, -0.1) is 0 Å². The van der Waals surface area contributed by atoms with Crippen LogP contribution >= 0.6 is 11.6 Å². The van der Waals surface area contributed by atoms with Crippen LogP contribution in [0.4, 0.5) is 0 Å². The average Bonchev–Trinajstić information content (AvgIpc) is 3.01. The normalized spacial score (nSPS) is 11.4. The summed E-state index contributed by atoms with van der Waals surface area (Å²) in [6, 6.07) is 22.8. The number of rotatable bonds is 11. The maximum Gasteiger partial charge on any atom is 0.192 e. The zero-order valence-electron chi connectivity index (χ0n) is 25.5. The third-order valence-corrected chi connectivity index (χ3v) is 12.6. The number of carbonyl (C=O) groups excluding carboxylic acids is 1. The summed E-state index contributed by atoms with van der Waals surface area (Å²) in [5.74, 6) is 0.572. The lowest BCUT2D eigenvalue weighted by molar-refractivity contribution is 0.111. The molecule has 0 aliphatic heterocycles. The molecule has 0 radical (unpaired) electrons. The summed E-state index contributed by atoms with van der Waals surface area (Å²) in [6.07, 6.45) is 3.69. The van der Waals surface area contributed by atoms with Crippen molar-refractivity contribution in [3.05, 3.63) is 111 Å². The summed E-state index contributed by atoms with van der Waals surface area (Å²) >= 11 is 6.45. The first-order chi connectivity index (χ1) is 21.0. The molecule has 1 aromatic heterocycles. The van der Waals surface area contributed by atoms with Crippen molar-refractivity contribution in [1.29, 1.82) is 10.5 Å². The van der Waals surface area contributed by atoms with E-state index in [1.165, 1.54) is 12.3 Å². The van der Waals surface area contributed by atoms with Gasteiger partial charge in [-0.05, 0) is 53.0 Å². The Balaban J connectivity index is 1.54. The summed E-state index contributed by atoms with van der Waals surface area (Å²) < 4.78 is 18.4. The molecule has 4 rings (SSSR count). The van der Waals surface area contributed by atoms with Gasteiger partial charge in [-0.1, -0.05) is 68.8 Å². The molecule has 0 saturated heterocycles. The number of pyridine rings is 1. The second-order valence-corrected chi connectivity index (χ2v) is 17.1. The van der Waals surface area contributed by atoms with Gasteiger partial charge in [-0.2, -0.15) is 10.5 Å². The molecule has 44 heavy (non-hydrogen) atoms. The van der Waals surface area contributed by atoms with E-state index in [4.69, 9.17) is 30.8 Å². The minimum absolute atomic E-state index is 0.0681. The summed E-state index contributed by atoms with van der Waals surface area (Å²) in [7, 11) is -1.92. The molecule has 0 amide bonds. The van der Waals surface area contributed by atoms with Gasteiger partial charge in [0.2, 0.25) is 0 Å². The Hall–Kier alpha value is -4.47. The molecule has 0 aliphatic carbocycles. The number of nitrogens with zero attached hydrogens (tertiary/aromatic N) is 3. The first kappa shape index (κ1) is 32.4. The number of nitriles is 2. The number of aromatic nitrogens is 1. The summed E-state index contributed by atoms with van der Waals surface area (Å²) in [4.78, 5) is 15.8. The van der Waals surface area contributed by atoms with Crippen LogP contribution in [0.3, 0.4) is 0 Å². The number of hydrogen-bond acceptors (Lipinski definition) is 7. The maximum atomic E-state index is 11.7. The van der Waals surface area contributed by atoms with Gasteiger partial charge in [-0.3, -0.25) is 9.78 Å². The Bertz CT molecular complexity index is 1750. The van der Waals surface area contributed by atoms with Gasteiger partial charge < -0.3 is 13.9 Å². The molecule has 9 heteroatoms. The second kappa shape index (κ2) is 13.9. The predicted molar refractivity (Wildman–Crippen MR) is 173 cm³/mol. The van der Waals surface area contributed by atoms with E-state index in [1.807, 2.05) is 42.5 Å². The number of ether oxygens (including phenoxy) is 2. The Morgan fingerprint density at radius 3 is 2.34 bits per heavy atom. The Morgan fingerprint density at radius 2 is 1.64 bits per heavy atom. The first-order valence-corrected chi connectivity index (χ1v) is 17.4. The molecule has 0 spiro atoms. The highest BCUT2D eigenvalue weighted by Crippen LogP contribution is 2.38. The van der Waals surface area contributed by atoms with E-state index in [-0.39, 0.29) is 34.6 Å². The van der Waals surface area contributed by atoms with Crippen molar-refractivity contribution >= 4 is 26.2 Å². The van der Waals surface area contributed by atoms with Gasteiger partial charge in [0.1, 0.15) is 36.9 Å².